The molecule has 0 N–H and O–H groups in total. The molecule has 0 saturated carbocycles. The maximum absolute atomic E-state index is 12.9. The molecule has 0 aliphatic carbocycles. The Balaban J connectivity index is 4.33. The van der Waals surface area contributed by atoms with Crippen LogP contribution in [0.25, 0.3) is 0 Å². The normalized spacial score (nSPS) is 13.1. The van der Waals surface area contributed by atoms with Crippen LogP contribution in [-0.4, -0.2) is 37.2 Å². The lowest BCUT2D eigenvalue weighted by atomic mass is 10.0. The largest absolute Gasteiger partial charge is 0.462 e. The number of rotatable bonds is 59. The van der Waals surface area contributed by atoms with Crippen molar-refractivity contribution < 1.29 is 28.6 Å². The van der Waals surface area contributed by atoms with Crippen LogP contribution in [-0.2, 0) is 28.6 Å². The van der Waals surface area contributed by atoms with Gasteiger partial charge in [0.25, 0.3) is 0 Å². The Morgan fingerprint density at radius 3 is 0.827 bits per heavy atom. The second kappa shape index (κ2) is 67.8. The van der Waals surface area contributed by atoms with Crippen molar-refractivity contribution in [1.29, 1.82) is 0 Å². The van der Waals surface area contributed by atoms with Crippen molar-refractivity contribution in [3.8, 4) is 0 Å². The van der Waals surface area contributed by atoms with Gasteiger partial charge in [-0.1, -0.05) is 301 Å². The number of hydrogen-bond acceptors (Lipinski definition) is 6. The van der Waals surface area contributed by atoms with E-state index in [9.17, 15) is 14.4 Å². The van der Waals surface area contributed by atoms with Crippen molar-refractivity contribution in [1.82, 2.24) is 0 Å². The van der Waals surface area contributed by atoms with Crippen molar-refractivity contribution in [2.45, 2.75) is 297 Å². The molecule has 0 amide bonds. The Morgan fingerprint density at radius 1 is 0.259 bits per heavy atom. The fraction of sp³-hybridized carbons (Fsp3) is 0.640. The molecule has 0 aromatic rings. The van der Waals surface area contributed by atoms with Gasteiger partial charge in [-0.3, -0.25) is 14.4 Å². The van der Waals surface area contributed by atoms with Crippen LogP contribution in [0.2, 0.25) is 0 Å². The van der Waals surface area contributed by atoms with Gasteiger partial charge in [0.05, 0.1) is 0 Å². The summed E-state index contributed by atoms with van der Waals surface area (Å²) in [4.78, 5) is 38.2. The lowest BCUT2D eigenvalue weighted by Gasteiger charge is -2.18. The van der Waals surface area contributed by atoms with E-state index < -0.39 is 12.1 Å². The van der Waals surface area contributed by atoms with Gasteiger partial charge < -0.3 is 14.2 Å². The highest BCUT2D eigenvalue weighted by atomic mass is 16.6. The molecule has 0 aliphatic rings. The maximum Gasteiger partial charge on any atom is 0.306 e. The van der Waals surface area contributed by atoms with Crippen molar-refractivity contribution in [2.24, 2.45) is 0 Å². The fourth-order valence-corrected chi connectivity index (χ4v) is 8.93. The van der Waals surface area contributed by atoms with E-state index in [1.54, 1.807) is 0 Å². The first-order chi connectivity index (χ1) is 40.0. The molecule has 0 aromatic heterocycles. The van der Waals surface area contributed by atoms with Gasteiger partial charge in [-0.05, 0) is 116 Å². The molecule has 81 heavy (non-hydrogen) atoms. The van der Waals surface area contributed by atoms with Crippen LogP contribution in [0.5, 0.6) is 0 Å². The zero-order valence-corrected chi connectivity index (χ0v) is 52.5. The molecule has 0 spiro atoms. The van der Waals surface area contributed by atoms with Crippen LogP contribution >= 0.6 is 0 Å². The minimum absolute atomic E-state index is 0.133. The number of allylic oxidation sites excluding steroid dienone is 24. The first-order valence-electron chi connectivity index (χ1n) is 33.3. The third-order valence-electron chi connectivity index (χ3n) is 13.8. The second-order valence-electron chi connectivity index (χ2n) is 21.6. The number of carbonyl (C=O) groups is 3. The van der Waals surface area contributed by atoms with E-state index in [0.29, 0.717) is 19.3 Å². The molecule has 0 saturated heterocycles. The topological polar surface area (TPSA) is 78.9 Å². The third kappa shape index (κ3) is 66.0. The molecule has 458 valence electrons. The number of unbranched alkanes of at least 4 members (excludes halogenated alkanes) is 24. The quantitative estimate of drug-likeness (QED) is 0.0261. The van der Waals surface area contributed by atoms with E-state index in [0.717, 1.165) is 89.9 Å². The van der Waals surface area contributed by atoms with Crippen molar-refractivity contribution >= 4 is 17.9 Å². The van der Waals surface area contributed by atoms with E-state index in [2.05, 4.69) is 142 Å². The highest BCUT2D eigenvalue weighted by molar-refractivity contribution is 5.71. The van der Waals surface area contributed by atoms with Gasteiger partial charge in [0, 0.05) is 19.3 Å². The summed E-state index contributed by atoms with van der Waals surface area (Å²) >= 11 is 0. The van der Waals surface area contributed by atoms with Gasteiger partial charge >= 0.3 is 17.9 Å². The Labute approximate surface area is 499 Å². The van der Waals surface area contributed by atoms with E-state index in [-0.39, 0.29) is 38.0 Å². The maximum atomic E-state index is 12.9. The zero-order chi connectivity index (χ0) is 58.5. The van der Waals surface area contributed by atoms with Crippen LogP contribution in [0.4, 0.5) is 0 Å². The van der Waals surface area contributed by atoms with Crippen LogP contribution in [0.3, 0.4) is 0 Å². The summed E-state index contributed by atoms with van der Waals surface area (Å²) in [6, 6.07) is 0. The molecular formula is C75H122O6. The number of hydrogen-bond donors (Lipinski definition) is 0. The summed E-state index contributed by atoms with van der Waals surface area (Å²) in [6.45, 7) is 6.28. The molecule has 1 unspecified atom stereocenters. The van der Waals surface area contributed by atoms with E-state index in [1.807, 2.05) is 24.3 Å². The second-order valence-corrected chi connectivity index (χ2v) is 21.6. The monoisotopic (exact) mass is 1120 g/mol. The SMILES string of the molecule is CC/C=C\C/C=C\C/C=C\C/C=C\C/C=C\C/C=C\CCC(=O)OC(COC(=O)CC/C=C\C/C=C\C/C=C\C/C=C\CC)COC(=O)CCCCCCCCCCCCCCCCCCCCC/C=C\C/C=C\CCCCCCC. The van der Waals surface area contributed by atoms with E-state index in [1.165, 1.54) is 148 Å². The summed E-state index contributed by atoms with van der Waals surface area (Å²) in [5.74, 6) is -1.10. The summed E-state index contributed by atoms with van der Waals surface area (Å²) in [5, 5.41) is 0. The van der Waals surface area contributed by atoms with Crippen molar-refractivity contribution in [3.05, 3.63) is 146 Å². The number of ether oxygens (including phenoxy) is 3. The molecule has 0 bridgehead atoms. The van der Waals surface area contributed by atoms with Crippen molar-refractivity contribution in [2.75, 3.05) is 13.2 Å². The Kier molecular flexibility index (Phi) is 63.9. The predicted molar refractivity (Wildman–Crippen MR) is 352 cm³/mol. The van der Waals surface area contributed by atoms with E-state index >= 15 is 0 Å². The van der Waals surface area contributed by atoms with Crippen LogP contribution < -0.4 is 0 Å². The zero-order valence-electron chi connectivity index (χ0n) is 52.5. The Morgan fingerprint density at radius 2 is 0.506 bits per heavy atom. The molecule has 6 heteroatoms. The minimum atomic E-state index is -0.853. The number of carbonyl (C=O) groups excluding carboxylic acids is 3. The average molecular weight is 1120 g/mol. The molecule has 0 heterocycles. The molecule has 0 aliphatic heterocycles. The van der Waals surface area contributed by atoms with Gasteiger partial charge in [0.15, 0.2) is 6.10 Å². The molecule has 0 fully saturated rings. The molecule has 1 atom stereocenters. The lowest BCUT2D eigenvalue weighted by molar-refractivity contribution is -0.166. The third-order valence-corrected chi connectivity index (χ3v) is 13.8. The summed E-state index contributed by atoms with van der Waals surface area (Å²) in [5.41, 5.74) is 0. The first kappa shape index (κ1) is 76.3. The molecule has 0 aromatic carbocycles. The van der Waals surface area contributed by atoms with Crippen molar-refractivity contribution in [3.63, 3.8) is 0 Å². The summed E-state index contributed by atoms with van der Waals surface area (Å²) < 4.78 is 16.8. The Hall–Kier alpha value is -4.71. The average Bonchev–Trinajstić information content (AvgIpc) is 3.46. The molecular weight excluding hydrogens is 997 g/mol. The van der Waals surface area contributed by atoms with Gasteiger partial charge in [-0.2, -0.15) is 0 Å². The predicted octanol–water partition coefficient (Wildman–Crippen LogP) is 23.1. The van der Waals surface area contributed by atoms with Gasteiger partial charge in [0.1, 0.15) is 13.2 Å². The molecule has 0 rings (SSSR count). The van der Waals surface area contributed by atoms with Crippen LogP contribution in [0.1, 0.15) is 290 Å². The minimum Gasteiger partial charge on any atom is -0.462 e. The molecule has 6 nitrogen and oxygen atoms in total. The summed E-state index contributed by atoms with van der Waals surface area (Å²) in [7, 11) is 0. The lowest BCUT2D eigenvalue weighted by Crippen LogP contribution is -2.30. The van der Waals surface area contributed by atoms with E-state index in [4.69, 9.17) is 14.2 Å². The summed E-state index contributed by atoms with van der Waals surface area (Å²) in [6.07, 6.45) is 97.7. The highest BCUT2D eigenvalue weighted by Gasteiger charge is 2.19. The first-order valence-corrected chi connectivity index (χ1v) is 33.3. The standard InChI is InChI=1S/C75H122O6/c1-4-7-10-13-16-19-22-25-27-29-31-32-33-34-35-36-37-38-39-40-41-42-44-45-47-50-53-56-59-62-65-68-74(77)80-71-72(70-79-73(76)67-64-61-58-55-52-49-24-21-18-15-12-9-6-3)81-75(78)69-66-63-60-57-54-51-48-46-43-30-28-26-23-20-17-14-11-8-5-2/h8-9,11-12,17-18,20-22,25-26,28-29,31,43,46,49,51-52,54,58,60-61,63,72H,4-7,10,13-16,19,23-24,27,30,32-42,44-45,47-48,50,53,55-57,59,62,64-71H2,1-3H3/b11-8-,12-9-,20-17-,21-18-,25-22-,28-26-,31-29-,46-43-,52-49-,54-51-,61-58-,63-60-. The van der Waals surface area contributed by atoms with Gasteiger partial charge in [-0.15, -0.1) is 0 Å². The highest BCUT2D eigenvalue weighted by Crippen LogP contribution is 2.16. The van der Waals surface area contributed by atoms with Crippen LogP contribution in [0, 0.1) is 0 Å². The van der Waals surface area contributed by atoms with Crippen LogP contribution in [0.15, 0.2) is 146 Å². The Bertz CT molecular complexity index is 1760. The van der Waals surface area contributed by atoms with Gasteiger partial charge in [0.2, 0.25) is 0 Å². The number of esters is 3. The molecule has 0 radical (unpaired) electrons. The smallest absolute Gasteiger partial charge is 0.306 e. The fourth-order valence-electron chi connectivity index (χ4n) is 8.93. The van der Waals surface area contributed by atoms with Gasteiger partial charge in [-0.25, -0.2) is 0 Å².